The number of esters is 2. The number of hydrogen-bond acceptors (Lipinski definition) is 5. The van der Waals surface area contributed by atoms with E-state index in [1.54, 1.807) is 24.3 Å². The topological polar surface area (TPSA) is 130 Å². The predicted molar refractivity (Wildman–Crippen MR) is 92.2 cm³/mol. The van der Waals surface area contributed by atoms with Crippen molar-refractivity contribution in [2.75, 3.05) is 13.2 Å². The van der Waals surface area contributed by atoms with E-state index in [2.05, 4.69) is 0 Å². The molecular formula is C16H26NaO8P. The Morgan fingerprint density at radius 3 is 1.50 bits per heavy atom. The maximum Gasteiger partial charge on any atom is 1.00 e. The van der Waals surface area contributed by atoms with Crippen molar-refractivity contribution in [3.63, 3.8) is 0 Å². The van der Waals surface area contributed by atoms with E-state index in [9.17, 15) is 9.59 Å². The summed E-state index contributed by atoms with van der Waals surface area (Å²) in [6, 6.07) is 6.59. The van der Waals surface area contributed by atoms with Gasteiger partial charge in [0.2, 0.25) is 0 Å². The Morgan fingerprint density at radius 1 is 0.923 bits per heavy atom. The van der Waals surface area contributed by atoms with Gasteiger partial charge in [0, 0.05) is 0 Å². The molecule has 0 saturated carbocycles. The van der Waals surface area contributed by atoms with Crippen LogP contribution in [0.4, 0.5) is 0 Å². The first-order valence-electron chi connectivity index (χ1n) is 7.92. The second-order valence-corrected chi connectivity index (χ2v) is 6.06. The van der Waals surface area contributed by atoms with Gasteiger partial charge >= 0.3 is 49.3 Å². The molecule has 0 aromatic heterocycles. The number of hydrogen-bond donors (Lipinski definition) is 3. The van der Waals surface area contributed by atoms with Crippen LogP contribution in [0.5, 0.6) is 0 Å². The predicted octanol–water partition coefficient (Wildman–Crippen LogP) is -0.212. The molecule has 0 aliphatic carbocycles. The smallest absolute Gasteiger partial charge is 1.00 e. The van der Waals surface area contributed by atoms with Crippen molar-refractivity contribution < 1.29 is 69.3 Å². The fourth-order valence-electron chi connectivity index (χ4n) is 1.61. The molecule has 0 aliphatic rings. The van der Waals surface area contributed by atoms with Crippen molar-refractivity contribution in [1.29, 1.82) is 0 Å². The normalized spacial score (nSPS) is 10.0. The van der Waals surface area contributed by atoms with Crippen LogP contribution in [0.15, 0.2) is 24.3 Å². The van der Waals surface area contributed by atoms with Gasteiger partial charge in [-0.25, -0.2) is 14.2 Å². The van der Waals surface area contributed by atoms with Gasteiger partial charge in [-0.15, -0.1) is 0 Å². The maximum absolute atomic E-state index is 11.9. The number of unbranched alkanes of at least 4 members (excludes halogenated alkanes) is 2. The molecule has 1 aromatic rings. The zero-order valence-corrected chi connectivity index (χ0v) is 18.3. The minimum Gasteiger partial charge on any atom is -1.00 e. The minimum atomic E-state index is -4.64. The molecule has 144 valence electrons. The van der Waals surface area contributed by atoms with Gasteiger partial charge in [-0.3, -0.25) is 0 Å². The van der Waals surface area contributed by atoms with Crippen LogP contribution in [0.1, 0.15) is 61.7 Å². The van der Waals surface area contributed by atoms with Crippen molar-refractivity contribution in [1.82, 2.24) is 0 Å². The summed E-state index contributed by atoms with van der Waals surface area (Å²) in [5.41, 5.74) is 0.537. The van der Waals surface area contributed by atoms with Gasteiger partial charge in [0.15, 0.2) is 0 Å². The van der Waals surface area contributed by atoms with Crippen LogP contribution in [0, 0.1) is 0 Å². The van der Waals surface area contributed by atoms with E-state index >= 15 is 0 Å². The fraction of sp³-hybridized carbons (Fsp3) is 0.500. The molecule has 1 aromatic carbocycles. The van der Waals surface area contributed by atoms with Gasteiger partial charge in [-0.1, -0.05) is 38.8 Å². The third-order valence-corrected chi connectivity index (χ3v) is 2.83. The van der Waals surface area contributed by atoms with Crippen LogP contribution >= 0.6 is 7.82 Å². The van der Waals surface area contributed by atoms with Gasteiger partial charge in [-0.05, 0) is 25.0 Å². The second kappa shape index (κ2) is 15.3. The van der Waals surface area contributed by atoms with Crippen LogP contribution in [-0.2, 0) is 14.0 Å². The van der Waals surface area contributed by atoms with E-state index in [4.69, 9.17) is 28.7 Å². The number of phosphoric acid groups is 1. The summed E-state index contributed by atoms with van der Waals surface area (Å²) < 4.78 is 19.2. The molecule has 0 bridgehead atoms. The van der Waals surface area contributed by atoms with Gasteiger partial charge < -0.3 is 25.6 Å². The summed E-state index contributed by atoms with van der Waals surface area (Å²) in [6.45, 7) is 4.78. The van der Waals surface area contributed by atoms with E-state index in [0.717, 1.165) is 25.7 Å². The standard InChI is InChI=1S/C16H22O4.Na.H3O4P.H/c1-3-5-11-19-15(17)13-9-7-8-10-14(13)16(18)20-12-6-4-2;;1-5(2,3)4;/h7-10H,3-6,11-12H2,1-2H3;;(H3,1,2,3,4);/q;+1;;-1. The molecule has 0 unspecified atom stereocenters. The molecule has 3 N–H and O–H groups in total. The van der Waals surface area contributed by atoms with Crippen LogP contribution in [0.2, 0.25) is 0 Å². The van der Waals surface area contributed by atoms with Gasteiger partial charge in [0.1, 0.15) is 0 Å². The Hall–Kier alpha value is -0.730. The maximum atomic E-state index is 11.9. The van der Waals surface area contributed by atoms with Crippen LogP contribution < -0.4 is 29.6 Å². The molecule has 0 aliphatic heterocycles. The fourth-order valence-corrected chi connectivity index (χ4v) is 1.61. The molecule has 0 saturated heterocycles. The average molecular weight is 400 g/mol. The number of carbonyl (C=O) groups excluding carboxylic acids is 2. The summed E-state index contributed by atoms with van der Waals surface area (Å²) in [4.78, 5) is 45.5. The number of ether oxygens (including phenoxy) is 2. The molecule has 1 rings (SSSR count). The molecule has 26 heavy (non-hydrogen) atoms. The van der Waals surface area contributed by atoms with Crippen molar-refractivity contribution in [2.24, 2.45) is 0 Å². The molecule has 8 nitrogen and oxygen atoms in total. The van der Waals surface area contributed by atoms with E-state index in [1.807, 2.05) is 13.8 Å². The molecule has 0 fully saturated rings. The minimum absolute atomic E-state index is 0. The summed E-state index contributed by atoms with van der Waals surface area (Å²) in [7, 11) is -4.64. The van der Waals surface area contributed by atoms with E-state index in [0.29, 0.717) is 13.2 Å². The van der Waals surface area contributed by atoms with Crippen molar-refractivity contribution in [2.45, 2.75) is 39.5 Å². The molecular weight excluding hydrogens is 374 g/mol. The Morgan fingerprint density at radius 2 is 1.23 bits per heavy atom. The van der Waals surface area contributed by atoms with E-state index in [-0.39, 0.29) is 42.1 Å². The van der Waals surface area contributed by atoms with Crippen LogP contribution in [0.25, 0.3) is 0 Å². The van der Waals surface area contributed by atoms with Gasteiger partial charge in [0.05, 0.1) is 24.3 Å². The quantitative estimate of drug-likeness (QED) is 0.237. The molecule has 0 radical (unpaired) electrons. The molecule has 0 atom stereocenters. The van der Waals surface area contributed by atoms with Gasteiger partial charge in [0.25, 0.3) is 0 Å². The summed E-state index contributed by atoms with van der Waals surface area (Å²) in [5, 5.41) is 0. The first kappa shape index (κ1) is 27.5. The van der Waals surface area contributed by atoms with Crippen LogP contribution in [0.3, 0.4) is 0 Å². The zero-order chi connectivity index (χ0) is 19.3. The van der Waals surface area contributed by atoms with Gasteiger partial charge in [-0.2, -0.15) is 0 Å². The summed E-state index contributed by atoms with van der Waals surface area (Å²) >= 11 is 0. The summed E-state index contributed by atoms with van der Waals surface area (Å²) in [5.74, 6) is -0.942. The first-order chi connectivity index (χ1) is 11.7. The summed E-state index contributed by atoms with van der Waals surface area (Å²) in [6.07, 6.45) is 3.53. The van der Waals surface area contributed by atoms with Crippen molar-refractivity contribution in [3.8, 4) is 0 Å². The second-order valence-electron chi connectivity index (χ2n) is 5.04. The Bertz CT molecular complexity index is 544. The third-order valence-electron chi connectivity index (χ3n) is 2.83. The molecule has 10 heteroatoms. The zero-order valence-electron chi connectivity index (χ0n) is 16.4. The first-order valence-corrected chi connectivity index (χ1v) is 9.48. The van der Waals surface area contributed by atoms with E-state index in [1.165, 1.54) is 0 Å². The Labute approximate surface area is 176 Å². The SMILES string of the molecule is CCCCOC(=O)c1ccccc1C(=O)OCCCC.O=P(O)(O)O.[H-].[Na+]. The number of benzene rings is 1. The van der Waals surface area contributed by atoms with Crippen LogP contribution in [-0.4, -0.2) is 39.8 Å². The largest absolute Gasteiger partial charge is 1.00 e. The van der Waals surface area contributed by atoms with Crippen molar-refractivity contribution >= 4 is 19.8 Å². The average Bonchev–Trinajstić information content (AvgIpc) is 2.53. The number of rotatable bonds is 8. The monoisotopic (exact) mass is 400 g/mol. The molecule has 0 amide bonds. The number of carbonyl (C=O) groups is 2. The molecule has 0 heterocycles. The molecule has 0 spiro atoms. The van der Waals surface area contributed by atoms with E-state index < -0.39 is 19.8 Å². The third kappa shape index (κ3) is 14.4. The van der Waals surface area contributed by atoms with Crippen molar-refractivity contribution in [3.05, 3.63) is 35.4 Å². The Kier molecular flexibility index (Phi) is 16.2. The Balaban J connectivity index is -0.000000729.